The number of aryl methyl sites for hydroxylation is 1. The second-order valence-corrected chi connectivity index (χ2v) is 9.81. The topological polar surface area (TPSA) is 15.7 Å². The molecule has 2 heterocycles. The van der Waals surface area contributed by atoms with Crippen LogP contribution in [0.5, 0.6) is 5.75 Å². The Balaban J connectivity index is 1.53. The number of ether oxygens (including phenoxy) is 1. The highest BCUT2D eigenvalue weighted by atomic mass is 19.1. The SMILES string of the molecule is CCCN1CCC2(CCCCc3ccccc3OCCN(Cc3ccccc3F)C2)CC1. The number of nitrogens with zero attached hydrogens (tertiary/aromatic N) is 2. The van der Waals surface area contributed by atoms with Crippen LogP contribution in [-0.4, -0.2) is 49.1 Å². The predicted molar refractivity (Wildman–Crippen MR) is 130 cm³/mol. The molecule has 1 fully saturated rings. The molecular weight excluding hydrogens is 399 g/mol. The van der Waals surface area contributed by atoms with Crippen LogP contribution in [0.1, 0.15) is 56.6 Å². The van der Waals surface area contributed by atoms with E-state index in [-0.39, 0.29) is 5.82 Å². The molecule has 0 atom stereocenters. The zero-order valence-electron chi connectivity index (χ0n) is 19.7. The maximum atomic E-state index is 14.5. The van der Waals surface area contributed by atoms with Gasteiger partial charge in [-0.1, -0.05) is 49.7 Å². The molecule has 0 bridgehead atoms. The number of hydrogen-bond donors (Lipinski definition) is 0. The molecule has 0 amide bonds. The number of halogens is 1. The second kappa shape index (κ2) is 11.3. The number of likely N-dealkylation sites (tertiary alicyclic amines) is 1. The lowest BCUT2D eigenvalue weighted by Crippen LogP contribution is -2.47. The van der Waals surface area contributed by atoms with E-state index in [0.717, 1.165) is 30.8 Å². The van der Waals surface area contributed by atoms with Crippen LogP contribution in [0.3, 0.4) is 0 Å². The minimum Gasteiger partial charge on any atom is -0.492 e. The van der Waals surface area contributed by atoms with Crippen LogP contribution in [0.4, 0.5) is 4.39 Å². The van der Waals surface area contributed by atoms with E-state index in [0.29, 0.717) is 18.6 Å². The van der Waals surface area contributed by atoms with E-state index in [1.807, 2.05) is 12.1 Å². The van der Waals surface area contributed by atoms with Crippen LogP contribution in [0.2, 0.25) is 0 Å². The van der Waals surface area contributed by atoms with Crippen molar-refractivity contribution in [2.45, 2.75) is 58.4 Å². The zero-order chi connectivity index (χ0) is 22.2. The predicted octanol–water partition coefficient (Wildman–Crippen LogP) is 5.93. The van der Waals surface area contributed by atoms with Gasteiger partial charge in [-0.05, 0) is 81.3 Å². The fourth-order valence-electron chi connectivity index (χ4n) is 5.56. The summed E-state index contributed by atoms with van der Waals surface area (Å²) in [6.45, 7) is 9.02. The van der Waals surface area contributed by atoms with Crippen molar-refractivity contribution in [1.82, 2.24) is 9.80 Å². The van der Waals surface area contributed by atoms with Crippen LogP contribution < -0.4 is 4.74 Å². The Kier molecular flexibility index (Phi) is 8.20. The Bertz CT molecular complexity index is 847. The van der Waals surface area contributed by atoms with Gasteiger partial charge in [-0.25, -0.2) is 4.39 Å². The van der Waals surface area contributed by atoms with Crippen LogP contribution in [0, 0.1) is 11.2 Å². The van der Waals surface area contributed by atoms with Gasteiger partial charge < -0.3 is 9.64 Å². The average Bonchev–Trinajstić information content (AvgIpc) is 2.80. The molecule has 2 aromatic carbocycles. The highest BCUT2D eigenvalue weighted by Crippen LogP contribution is 2.38. The minimum atomic E-state index is -0.100. The van der Waals surface area contributed by atoms with Gasteiger partial charge in [0, 0.05) is 25.2 Å². The third-order valence-electron chi connectivity index (χ3n) is 7.41. The van der Waals surface area contributed by atoms with Crippen LogP contribution in [0.25, 0.3) is 0 Å². The van der Waals surface area contributed by atoms with Gasteiger partial charge in [0.2, 0.25) is 0 Å². The molecule has 2 aromatic rings. The first-order valence-electron chi connectivity index (χ1n) is 12.6. The highest BCUT2D eigenvalue weighted by molar-refractivity contribution is 5.33. The first-order valence-corrected chi connectivity index (χ1v) is 12.6. The van der Waals surface area contributed by atoms with E-state index in [1.54, 1.807) is 12.1 Å². The van der Waals surface area contributed by atoms with E-state index in [9.17, 15) is 4.39 Å². The maximum absolute atomic E-state index is 14.5. The summed E-state index contributed by atoms with van der Waals surface area (Å²) in [6.07, 6.45) is 8.53. The van der Waals surface area contributed by atoms with Crippen LogP contribution in [-0.2, 0) is 13.0 Å². The van der Waals surface area contributed by atoms with Crippen molar-refractivity contribution in [3.8, 4) is 5.75 Å². The standard InChI is InChI=1S/C28H39FN2O/c1-2-17-30-18-15-28(16-19-30)14-8-7-10-24-9-4-6-13-27(24)32-21-20-31(23-28)22-25-11-3-5-12-26(25)29/h3-6,9,11-13H,2,7-8,10,14-23H2,1H3. The van der Waals surface area contributed by atoms with Crippen molar-refractivity contribution in [2.24, 2.45) is 5.41 Å². The smallest absolute Gasteiger partial charge is 0.127 e. The lowest BCUT2D eigenvalue weighted by Gasteiger charge is -2.45. The molecule has 3 nitrogen and oxygen atoms in total. The zero-order valence-corrected chi connectivity index (χ0v) is 19.7. The number of hydrogen-bond acceptors (Lipinski definition) is 3. The molecule has 32 heavy (non-hydrogen) atoms. The fourth-order valence-corrected chi connectivity index (χ4v) is 5.56. The van der Waals surface area contributed by atoms with Crippen molar-refractivity contribution in [3.05, 3.63) is 65.5 Å². The molecule has 0 aromatic heterocycles. The number of fused-ring (bicyclic) bond motifs is 1. The highest BCUT2D eigenvalue weighted by Gasteiger charge is 2.35. The molecule has 4 heteroatoms. The largest absolute Gasteiger partial charge is 0.492 e. The molecule has 174 valence electrons. The lowest BCUT2D eigenvalue weighted by molar-refractivity contribution is 0.0433. The molecule has 0 saturated carbocycles. The van der Waals surface area contributed by atoms with Gasteiger partial charge in [0.25, 0.3) is 0 Å². The number of piperidine rings is 1. The monoisotopic (exact) mass is 438 g/mol. The summed E-state index contributed by atoms with van der Waals surface area (Å²) in [4.78, 5) is 5.08. The van der Waals surface area contributed by atoms with Crippen molar-refractivity contribution >= 4 is 0 Å². The molecule has 2 aliphatic rings. The Labute approximate surface area is 193 Å². The maximum Gasteiger partial charge on any atom is 0.127 e. The lowest BCUT2D eigenvalue weighted by atomic mass is 9.73. The van der Waals surface area contributed by atoms with Crippen LogP contribution >= 0.6 is 0 Å². The summed E-state index contributed by atoms with van der Waals surface area (Å²) < 4.78 is 20.7. The van der Waals surface area contributed by atoms with Gasteiger partial charge in [0.15, 0.2) is 0 Å². The van der Waals surface area contributed by atoms with Crippen molar-refractivity contribution in [2.75, 3.05) is 39.3 Å². The summed E-state index contributed by atoms with van der Waals surface area (Å²) in [5, 5.41) is 0. The molecule has 0 aliphatic carbocycles. The molecule has 0 radical (unpaired) electrons. The first-order chi connectivity index (χ1) is 15.7. The second-order valence-electron chi connectivity index (χ2n) is 9.81. The van der Waals surface area contributed by atoms with Gasteiger partial charge in [-0.15, -0.1) is 0 Å². The van der Waals surface area contributed by atoms with E-state index in [4.69, 9.17) is 4.74 Å². The number of para-hydroxylation sites is 1. The van der Waals surface area contributed by atoms with Crippen LogP contribution in [0.15, 0.2) is 48.5 Å². The first kappa shape index (κ1) is 23.3. The molecule has 2 aliphatic heterocycles. The van der Waals surface area contributed by atoms with E-state index in [2.05, 4.69) is 41.0 Å². The third kappa shape index (κ3) is 6.11. The van der Waals surface area contributed by atoms with E-state index in [1.165, 1.54) is 63.7 Å². The Morgan fingerprint density at radius 3 is 2.50 bits per heavy atom. The van der Waals surface area contributed by atoms with Gasteiger partial charge in [-0.3, -0.25) is 4.90 Å². The number of rotatable bonds is 4. The Hall–Kier alpha value is -1.91. The fraction of sp³-hybridized carbons (Fsp3) is 0.571. The summed E-state index contributed by atoms with van der Waals surface area (Å²) in [7, 11) is 0. The quantitative estimate of drug-likeness (QED) is 0.589. The molecule has 0 unspecified atom stereocenters. The summed E-state index contributed by atoms with van der Waals surface area (Å²) in [5.41, 5.74) is 2.44. The average molecular weight is 439 g/mol. The van der Waals surface area contributed by atoms with Gasteiger partial charge in [0.05, 0.1) is 0 Å². The molecule has 4 rings (SSSR count). The van der Waals surface area contributed by atoms with Crippen molar-refractivity contribution in [3.63, 3.8) is 0 Å². The van der Waals surface area contributed by atoms with Gasteiger partial charge in [0.1, 0.15) is 18.2 Å². The Morgan fingerprint density at radius 2 is 1.69 bits per heavy atom. The molecule has 1 spiro atoms. The van der Waals surface area contributed by atoms with Crippen molar-refractivity contribution < 1.29 is 9.13 Å². The van der Waals surface area contributed by atoms with Crippen molar-refractivity contribution in [1.29, 1.82) is 0 Å². The minimum absolute atomic E-state index is 0.100. The Morgan fingerprint density at radius 1 is 0.906 bits per heavy atom. The summed E-state index contributed by atoms with van der Waals surface area (Å²) in [6, 6.07) is 15.7. The normalized spacial score (nSPS) is 20.7. The third-order valence-corrected chi connectivity index (χ3v) is 7.41. The number of benzene rings is 2. The van der Waals surface area contributed by atoms with E-state index < -0.39 is 0 Å². The molecule has 0 N–H and O–H groups in total. The van der Waals surface area contributed by atoms with Gasteiger partial charge >= 0.3 is 0 Å². The molecule has 1 saturated heterocycles. The molecular formula is C28H39FN2O. The van der Waals surface area contributed by atoms with E-state index >= 15 is 0 Å². The summed E-state index contributed by atoms with van der Waals surface area (Å²) in [5.74, 6) is 0.915. The van der Waals surface area contributed by atoms with Gasteiger partial charge in [-0.2, -0.15) is 0 Å². The summed E-state index contributed by atoms with van der Waals surface area (Å²) >= 11 is 0.